The molecule has 0 saturated carbocycles. The van der Waals surface area contributed by atoms with Crippen molar-refractivity contribution in [2.24, 2.45) is 0 Å². The first-order valence-corrected chi connectivity index (χ1v) is 6.51. The molecule has 1 saturated heterocycles. The molecule has 7 nitrogen and oxygen atoms in total. The van der Waals surface area contributed by atoms with Gasteiger partial charge in [-0.05, 0) is 13.0 Å². The molecule has 0 bridgehead atoms. The third-order valence-corrected chi connectivity index (χ3v) is 3.92. The van der Waals surface area contributed by atoms with Crippen LogP contribution in [0.15, 0.2) is 18.6 Å². The summed E-state index contributed by atoms with van der Waals surface area (Å²) in [5.74, 6) is -0.908. The molecule has 0 unspecified atom stereocenters. The molecule has 3 N–H and O–H groups in total. The predicted octanol–water partition coefficient (Wildman–Crippen LogP) is -0.348. The van der Waals surface area contributed by atoms with Crippen molar-refractivity contribution in [2.75, 3.05) is 6.61 Å². The maximum Gasteiger partial charge on any atom is 0.264 e. The Labute approximate surface area is 125 Å². The second-order valence-electron chi connectivity index (χ2n) is 5.21. The van der Waals surface area contributed by atoms with Crippen LogP contribution in [-0.2, 0) is 4.74 Å². The SMILES string of the molecule is C#C[C@]1(O)[C@H](n2ccc3c(C)ncnc32)O[C@](F)(CO)[C@H]1O. The monoisotopic (exact) mass is 307 g/mol. The van der Waals surface area contributed by atoms with Crippen molar-refractivity contribution in [1.82, 2.24) is 14.5 Å². The number of aliphatic hydroxyl groups excluding tert-OH is 2. The normalized spacial score (nSPS) is 34.9. The number of hydrogen-bond acceptors (Lipinski definition) is 6. The Morgan fingerprint density at radius 1 is 1.55 bits per heavy atom. The van der Waals surface area contributed by atoms with E-state index in [1.54, 1.807) is 13.0 Å². The summed E-state index contributed by atoms with van der Waals surface area (Å²) in [7, 11) is 0. The van der Waals surface area contributed by atoms with Crippen LogP contribution in [0.2, 0.25) is 0 Å². The predicted molar refractivity (Wildman–Crippen MR) is 73.1 cm³/mol. The van der Waals surface area contributed by atoms with Crippen LogP contribution in [0.3, 0.4) is 0 Å². The molecule has 1 aliphatic heterocycles. The summed E-state index contributed by atoms with van der Waals surface area (Å²) in [6.07, 6.45) is 4.52. The second-order valence-corrected chi connectivity index (χ2v) is 5.21. The van der Waals surface area contributed by atoms with Gasteiger partial charge in [0.15, 0.2) is 12.3 Å². The quantitative estimate of drug-likeness (QED) is 0.656. The fourth-order valence-corrected chi connectivity index (χ4v) is 2.63. The molecule has 3 rings (SSSR count). The van der Waals surface area contributed by atoms with Gasteiger partial charge in [0.05, 0.1) is 5.69 Å². The Morgan fingerprint density at radius 3 is 2.91 bits per heavy atom. The van der Waals surface area contributed by atoms with Gasteiger partial charge in [-0.25, -0.2) is 14.4 Å². The third-order valence-electron chi connectivity index (χ3n) is 3.92. The molecular weight excluding hydrogens is 293 g/mol. The van der Waals surface area contributed by atoms with Crippen molar-refractivity contribution >= 4 is 11.0 Å². The van der Waals surface area contributed by atoms with Crippen molar-refractivity contribution in [3.8, 4) is 12.3 Å². The van der Waals surface area contributed by atoms with Gasteiger partial charge < -0.3 is 24.6 Å². The number of aliphatic hydroxyl groups is 3. The smallest absolute Gasteiger partial charge is 0.264 e. The van der Waals surface area contributed by atoms with Crippen LogP contribution >= 0.6 is 0 Å². The van der Waals surface area contributed by atoms with Crippen LogP contribution in [0.5, 0.6) is 0 Å². The first kappa shape index (κ1) is 14.9. The van der Waals surface area contributed by atoms with E-state index in [0.29, 0.717) is 16.7 Å². The number of rotatable bonds is 2. The van der Waals surface area contributed by atoms with Gasteiger partial charge in [-0.3, -0.25) is 0 Å². The summed E-state index contributed by atoms with van der Waals surface area (Å²) < 4.78 is 20.8. The number of nitrogens with zero attached hydrogens (tertiary/aromatic N) is 3. The van der Waals surface area contributed by atoms with Crippen LogP contribution in [0.25, 0.3) is 11.0 Å². The van der Waals surface area contributed by atoms with Crippen LogP contribution in [-0.4, -0.2) is 54.0 Å². The van der Waals surface area contributed by atoms with Crippen LogP contribution in [0.1, 0.15) is 11.9 Å². The molecule has 0 radical (unpaired) electrons. The highest BCUT2D eigenvalue weighted by atomic mass is 19.2. The average molecular weight is 307 g/mol. The lowest BCUT2D eigenvalue weighted by atomic mass is 9.94. The Bertz CT molecular complexity index is 773. The number of alkyl halides is 1. The highest BCUT2D eigenvalue weighted by molar-refractivity contribution is 5.78. The molecule has 0 aromatic carbocycles. The minimum Gasteiger partial charge on any atom is -0.390 e. The zero-order chi connectivity index (χ0) is 16.1. The van der Waals surface area contributed by atoms with E-state index in [2.05, 4.69) is 9.97 Å². The van der Waals surface area contributed by atoms with Gasteiger partial charge in [0, 0.05) is 11.6 Å². The van der Waals surface area contributed by atoms with Gasteiger partial charge in [-0.15, -0.1) is 6.42 Å². The van der Waals surface area contributed by atoms with Gasteiger partial charge in [-0.1, -0.05) is 5.92 Å². The molecule has 0 amide bonds. The lowest BCUT2D eigenvalue weighted by molar-refractivity contribution is -0.206. The first-order valence-electron chi connectivity index (χ1n) is 6.51. The maximum absolute atomic E-state index is 14.4. The zero-order valence-electron chi connectivity index (χ0n) is 11.6. The summed E-state index contributed by atoms with van der Waals surface area (Å²) >= 11 is 0. The highest BCUT2D eigenvalue weighted by Crippen LogP contribution is 2.45. The topological polar surface area (TPSA) is 101 Å². The van der Waals surface area contributed by atoms with Gasteiger partial charge in [0.25, 0.3) is 5.85 Å². The molecule has 0 spiro atoms. The Balaban J connectivity index is 2.18. The first-order chi connectivity index (χ1) is 10.4. The van der Waals surface area contributed by atoms with E-state index >= 15 is 0 Å². The summed E-state index contributed by atoms with van der Waals surface area (Å²) in [5.41, 5.74) is -1.32. The van der Waals surface area contributed by atoms with Gasteiger partial charge >= 0.3 is 0 Å². The number of aryl methyl sites for hydroxylation is 1. The molecular formula is C14H14FN3O4. The minimum atomic E-state index is -2.87. The second kappa shape index (κ2) is 4.72. The molecule has 116 valence electrons. The van der Waals surface area contributed by atoms with Crippen LogP contribution in [0.4, 0.5) is 4.39 Å². The van der Waals surface area contributed by atoms with E-state index in [1.807, 2.05) is 5.92 Å². The summed E-state index contributed by atoms with van der Waals surface area (Å²) in [5, 5.41) is 30.2. The Hall–Kier alpha value is -2.05. The van der Waals surface area contributed by atoms with Crippen LogP contribution < -0.4 is 0 Å². The Kier molecular flexibility index (Phi) is 3.19. The van der Waals surface area contributed by atoms with Gasteiger partial charge in [0.2, 0.25) is 5.60 Å². The fraction of sp³-hybridized carbons (Fsp3) is 0.429. The van der Waals surface area contributed by atoms with Crippen LogP contribution in [0, 0.1) is 19.3 Å². The van der Waals surface area contributed by atoms with Gasteiger partial charge in [0.1, 0.15) is 18.6 Å². The third kappa shape index (κ3) is 1.77. The molecule has 22 heavy (non-hydrogen) atoms. The van der Waals surface area contributed by atoms with Crippen molar-refractivity contribution < 1.29 is 24.4 Å². The molecule has 0 aliphatic carbocycles. The summed E-state index contributed by atoms with van der Waals surface area (Å²) in [4.78, 5) is 8.10. The van der Waals surface area contributed by atoms with Gasteiger partial charge in [-0.2, -0.15) is 0 Å². The standard InChI is InChI=1S/C14H14FN3O4/c1-3-13(21)11(20)14(15,6-19)22-12(13)18-5-4-9-8(2)16-7-17-10(9)18/h1,4-5,7,11-12,19-21H,6H2,2H3/t11-,12+,13+,14+/m0/s1. The number of aromatic nitrogens is 3. The molecule has 2 aromatic heterocycles. The lowest BCUT2D eigenvalue weighted by Gasteiger charge is -2.26. The summed E-state index contributed by atoms with van der Waals surface area (Å²) in [6, 6.07) is 1.66. The average Bonchev–Trinajstić information content (AvgIpc) is 3.03. The molecule has 2 aromatic rings. The van der Waals surface area contributed by atoms with E-state index in [4.69, 9.17) is 16.3 Å². The Morgan fingerprint density at radius 2 is 2.27 bits per heavy atom. The fourth-order valence-electron chi connectivity index (χ4n) is 2.63. The molecule has 1 aliphatic rings. The summed E-state index contributed by atoms with van der Waals surface area (Å²) in [6.45, 7) is 0.612. The lowest BCUT2D eigenvalue weighted by Crippen LogP contribution is -2.49. The molecule has 8 heteroatoms. The van der Waals surface area contributed by atoms with E-state index in [0.717, 1.165) is 0 Å². The van der Waals surface area contributed by atoms with E-state index in [1.165, 1.54) is 17.1 Å². The van der Waals surface area contributed by atoms with Crippen molar-refractivity contribution in [3.05, 3.63) is 24.3 Å². The van der Waals surface area contributed by atoms with E-state index in [9.17, 15) is 14.6 Å². The van der Waals surface area contributed by atoms with Crippen molar-refractivity contribution in [2.45, 2.75) is 30.7 Å². The highest BCUT2D eigenvalue weighted by Gasteiger charge is 2.64. The number of fused-ring (bicyclic) bond motifs is 1. The molecule has 1 fully saturated rings. The number of ether oxygens (including phenoxy) is 1. The van der Waals surface area contributed by atoms with Crippen molar-refractivity contribution in [3.63, 3.8) is 0 Å². The molecule has 3 heterocycles. The molecule has 4 atom stereocenters. The van der Waals surface area contributed by atoms with E-state index < -0.39 is 30.4 Å². The largest absolute Gasteiger partial charge is 0.390 e. The zero-order valence-corrected chi connectivity index (χ0v) is 11.6. The number of hydrogen-bond donors (Lipinski definition) is 3. The number of halogens is 1. The maximum atomic E-state index is 14.4. The number of terminal acetylenes is 1. The van der Waals surface area contributed by atoms with Crippen molar-refractivity contribution in [1.29, 1.82) is 0 Å². The van der Waals surface area contributed by atoms with E-state index in [-0.39, 0.29) is 0 Å². The minimum absolute atomic E-state index is 0.362.